The van der Waals surface area contributed by atoms with Gasteiger partial charge in [-0.15, -0.1) is 0 Å². The van der Waals surface area contributed by atoms with Crippen LogP contribution in [0.2, 0.25) is 0 Å². The average molecular weight is 2140 g/mol. The zero-order chi connectivity index (χ0) is 107. The van der Waals surface area contributed by atoms with Gasteiger partial charge in [0, 0.05) is 188 Å². The Kier molecular flexibility index (Phi) is 38.5. The molecular weight excluding hydrogens is 1980 g/mol. The largest absolute Gasteiger partial charge is 0.388 e. The molecule has 8 aliphatic heterocycles. The Balaban J connectivity index is 0.000000164. The number of likely N-dealkylation sites (tertiary alicyclic amines) is 2. The van der Waals surface area contributed by atoms with E-state index in [2.05, 4.69) is 47.3 Å². The van der Waals surface area contributed by atoms with Crippen LogP contribution in [0.25, 0.3) is 0 Å². The van der Waals surface area contributed by atoms with Crippen molar-refractivity contribution >= 4 is 117 Å². The van der Waals surface area contributed by atoms with Crippen LogP contribution in [-0.4, -0.2) is 243 Å². The highest BCUT2D eigenvalue weighted by atomic mass is 32.2. The molecule has 16 rings (SSSR count). The van der Waals surface area contributed by atoms with Crippen molar-refractivity contribution < 1.29 is 80.5 Å². The molecule has 4 saturated heterocycles. The van der Waals surface area contributed by atoms with E-state index in [1.165, 1.54) is 38.3 Å². The van der Waals surface area contributed by atoms with Crippen LogP contribution in [0, 0.1) is 29.6 Å². The van der Waals surface area contributed by atoms with Crippen molar-refractivity contribution in [1.29, 1.82) is 0 Å². The van der Waals surface area contributed by atoms with Gasteiger partial charge < -0.3 is 49.8 Å². The summed E-state index contributed by atoms with van der Waals surface area (Å²) in [4.78, 5) is 37.0. The summed E-state index contributed by atoms with van der Waals surface area (Å²) < 4.78 is 168. The molecule has 0 spiro atoms. The Morgan fingerprint density at radius 2 is 0.524 bits per heavy atom. The van der Waals surface area contributed by atoms with Crippen LogP contribution >= 0.6 is 0 Å². The van der Waals surface area contributed by atoms with E-state index in [1.54, 1.807) is 68.4 Å². The molecule has 30 nitrogen and oxygen atoms in total. The Morgan fingerprint density at radius 3 is 0.755 bits per heavy atom. The number of rotatable bonds is 31. The van der Waals surface area contributed by atoms with E-state index in [9.17, 15) is 80.5 Å². The Bertz CT molecular complexity index is 6350. The summed E-state index contributed by atoms with van der Waals surface area (Å²) in [7, 11) is -21.7. The number of piperidine rings is 4. The van der Waals surface area contributed by atoms with Crippen molar-refractivity contribution in [2.45, 2.75) is 262 Å². The third kappa shape index (κ3) is 27.7. The molecule has 8 aromatic carbocycles. The number of amides is 2. The minimum Gasteiger partial charge on any atom is -0.388 e. The number of aliphatic hydroxyl groups excluding tert-OH is 4. The first-order chi connectivity index (χ1) is 69.5. The number of aliphatic hydroxyl groups is 4. The van der Waals surface area contributed by atoms with Crippen molar-refractivity contribution in [3.63, 3.8) is 0 Å². The van der Waals surface area contributed by atoms with Crippen LogP contribution < -0.4 is 36.8 Å². The number of carbonyl (C=O) groups excluding carboxylic acids is 2. The molecule has 4 N–H and O–H groups in total. The topological polar surface area (TPSA) is 359 Å². The lowest BCUT2D eigenvalue weighted by Gasteiger charge is -2.43. The summed E-state index contributed by atoms with van der Waals surface area (Å²) in [5, 5.41) is 43.4. The minimum absolute atomic E-state index is 0.105. The molecule has 0 bridgehead atoms. The second kappa shape index (κ2) is 49.3. The molecule has 147 heavy (non-hydrogen) atoms. The lowest BCUT2D eigenvalue weighted by atomic mass is 9.94. The highest BCUT2D eigenvalue weighted by Crippen LogP contribution is 2.46. The Hall–Kier alpha value is -9.44. The maximum atomic E-state index is 13.9. The highest BCUT2D eigenvalue weighted by molar-refractivity contribution is 7.94. The normalized spacial score (nSPS) is 19.3. The monoisotopic (exact) mass is 2140 g/mol. The summed E-state index contributed by atoms with van der Waals surface area (Å²) in [6.07, 6.45) is 11.7. The molecule has 4 fully saturated rings. The molecule has 36 heteroatoms. The second-order valence-corrected chi connectivity index (χ2v) is 53.8. The quantitative estimate of drug-likeness (QED) is 0.0313. The van der Waals surface area contributed by atoms with Gasteiger partial charge in [-0.3, -0.25) is 26.8 Å². The molecule has 8 aromatic rings. The van der Waals surface area contributed by atoms with E-state index in [-0.39, 0.29) is 73.2 Å². The third-order valence-electron chi connectivity index (χ3n) is 29.9. The van der Waals surface area contributed by atoms with E-state index in [0.29, 0.717) is 168 Å². The molecule has 2 amide bonds. The predicted molar refractivity (Wildman–Crippen MR) is 588 cm³/mol. The summed E-state index contributed by atoms with van der Waals surface area (Å²) in [6.45, 7) is 37.3. The molecule has 8 aliphatic rings. The van der Waals surface area contributed by atoms with Crippen molar-refractivity contribution in [3.05, 3.63) is 214 Å². The van der Waals surface area contributed by atoms with Crippen LogP contribution in [-0.2, 0) is 95.4 Å². The molecule has 0 saturated carbocycles. The molecule has 806 valence electrons. The van der Waals surface area contributed by atoms with Gasteiger partial charge in [0.15, 0.2) is 0 Å². The van der Waals surface area contributed by atoms with E-state index >= 15 is 0 Å². The van der Waals surface area contributed by atoms with Gasteiger partial charge in [0.25, 0.3) is 40.1 Å². The fraction of sp³-hybridized carbons (Fsp3) is 0.550. The lowest BCUT2D eigenvalue weighted by molar-refractivity contribution is -0.130. The van der Waals surface area contributed by atoms with Gasteiger partial charge in [-0.1, -0.05) is 132 Å². The SMILES string of the molecule is CCc1ccc(N(CC(C)C)S(=O)(=O)c2ccc3c(c2)C(O)CCN3C2CCN(C(C)=O)CC2)cc1.CCc1ccc(N(CC(C)C)S(=O)(=O)c2ccc3c(c2)C(O)CCN3C2CCN(C(C)=O)CC2)cc1.CCc1ccc(N(CC(C)C)S(=O)(=O)c2ccc3c(c2)C(O)CCN3C2CCN(S(C)(=O)=O)CC2)cc1.CCc1ccc(N(CC(C)C)S(=O)(=O)c2ccc3c(c2)C(O)CCN3CC2CCN(S(C)(=O)=O)CC2)cc1. The number of benzene rings is 8. The number of sulfonamides is 6. The first-order valence-corrected chi connectivity index (χ1v) is 62.2. The van der Waals surface area contributed by atoms with Gasteiger partial charge in [0.2, 0.25) is 31.9 Å². The molecule has 4 atom stereocenters. The van der Waals surface area contributed by atoms with E-state index in [0.717, 1.165) is 142 Å². The van der Waals surface area contributed by atoms with Gasteiger partial charge in [0.05, 0.1) is 79.3 Å². The summed E-state index contributed by atoms with van der Waals surface area (Å²) in [5.41, 5.74) is 13.3. The van der Waals surface area contributed by atoms with Gasteiger partial charge >= 0.3 is 0 Å². The molecule has 0 aromatic heterocycles. The van der Waals surface area contributed by atoms with E-state index in [4.69, 9.17) is 0 Å². The van der Waals surface area contributed by atoms with Gasteiger partial charge in [-0.05, 0) is 276 Å². The number of aryl methyl sites for hydroxylation is 4. The van der Waals surface area contributed by atoms with Gasteiger partial charge in [0.1, 0.15) is 0 Å². The third-order valence-corrected chi connectivity index (χ3v) is 39.6. The fourth-order valence-electron chi connectivity index (χ4n) is 21.4. The van der Waals surface area contributed by atoms with Crippen molar-refractivity contribution in [3.8, 4) is 0 Å². The fourth-order valence-corrected chi connectivity index (χ4v) is 29.8. The zero-order valence-electron chi connectivity index (χ0n) is 88.7. The van der Waals surface area contributed by atoms with Crippen LogP contribution in [0.15, 0.2) is 189 Å². The van der Waals surface area contributed by atoms with Crippen molar-refractivity contribution in [1.82, 2.24) is 18.4 Å². The predicted octanol–water partition coefficient (Wildman–Crippen LogP) is 16.5. The highest BCUT2D eigenvalue weighted by Gasteiger charge is 2.42. The molecule has 0 aliphatic carbocycles. The maximum absolute atomic E-state index is 13.9. The van der Waals surface area contributed by atoms with Crippen molar-refractivity contribution in [2.75, 3.05) is 161 Å². The molecular formula is C111H158N12O18S6. The van der Waals surface area contributed by atoms with E-state index < -0.39 is 84.6 Å². The Morgan fingerprint density at radius 1 is 0.299 bits per heavy atom. The minimum atomic E-state index is -3.86. The van der Waals surface area contributed by atoms with Gasteiger partial charge in [-0.25, -0.2) is 59.1 Å². The zero-order valence-corrected chi connectivity index (χ0v) is 93.6. The lowest BCUT2D eigenvalue weighted by Crippen LogP contribution is -2.48. The number of carbonyl (C=O) groups is 2. The van der Waals surface area contributed by atoms with Crippen LogP contribution in [0.4, 0.5) is 45.5 Å². The molecule has 4 unspecified atom stereocenters. The standard InChI is InChI=1S/C28H41N3O5S2.2C28H39N3O4S.C27H39N3O5S2/c1-5-22-6-8-24(9-7-22)31(19-21(2)3)38(35,36)25-10-11-27-26(18-25)28(32)14-15-29(27)20-23-12-16-30(17-13-23)37(4,33)34;2*1-5-22-6-8-24(9-7-22)31(19-20(2)3)36(34,35)25-10-11-27-26(18-25)28(33)14-17-30(27)23-12-15-29(16-13-23)21(4)32;1-5-21-6-8-23(9-7-21)30(19-20(2)3)37(34,35)24-10-11-26-25(18-24)27(31)14-17-29(26)22-12-15-28(16-13-22)36(4,32)33/h6-11,18,21,23,28,32H,5,12-17,19-20H2,1-4H3;2*6-11,18,20,23,28,33H,5,12-17,19H2,1-4H3;6-11,18,20,22,27,31H,5,12-17,19H2,1-4H3. The number of hydrogen-bond acceptors (Lipinski definition) is 22. The number of fused-ring (bicyclic) bond motifs is 4. The van der Waals surface area contributed by atoms with Crippen LogP contribution in [0.3, 0.4) is 0 Å². The smallest absolute Gasteiger partial charge is 0.264 e. The maximum Gasteiger partial charge on any atom is 0.264 e. The van der Waals surface area contributed by atoms with Crippen molar-refractivity contribution in [2.24, 2.45) is 29.6 Å². The summed E-state index contributed by atoms with van der Waals surface area (Å²) in [6, 6.07) is 52.0. The molecule has 0 radical (unpaired) electrons. The first kappa shape index (κ1) is 115. The molecule has 8 heterocycles. The second-order valence-electron chi connectivity index (χ2n) is 42.4. The average Bonchev–Trinajstić information content (AvgIpc) is 0.768. The summed E-state index contributed by atoms with van der Waals surface area (Å²) in [5.74, 6) is 1.09. The number of anilines is 8. The number of nitrogens with zero attached hydrogens (tertiary/aromatic N) is 12. The number of hydrogen-bond donors (Lipinski definition) is 4. The Labute approximate surface area is 876 Å². The summed E-state index contributed by atoms with van der Waals surface area (Å²) >= 11 is 0. The van der Waals surface area contributed by atoms with Gasteiger partial charge in [-0.2, -0.15) is 0 Å². The first-order valence-electron chi connectivity index (χ1n) is 52.7. The van der Waals surface area contributed by atoms with Crippen LogP contribution in [0.5, 0.6) is 0 Å². The van der Waals surface area contributed by atoms with Crippen LogP contribution in [0.1, 0.15) is 243 Å². The van der Waals surface area contributed by atoms with E-state index in [1.807, 2.05) is 180 Å².